The number of halogens is 1. The molecule has 4 aromatic heterocycles. The number of nitrogens with zero attached hydrogens (tertiary/aromatic N) is 4. The lowest BCUT2D eigenvalue weighted by Crippen LogP contribution is -2.37. The third-order valence-electron chi connectivity index (χ3n) is 5.33. The molecule has 5 rings (SSSR count). The van der Waals surface area contributed by atoms with E-state index in [4.69, 9.17) is 16.0 Å². The van der Waals surface area contributed by atoms with Crippen LogP contribution in [0.25, 0.3) is 21.6 Å². The molecule has 160 valence electrons. The van der Waals surface area contributed by atoms with Crippen LogP contribution in [0.5, 0.6) is 0 Å². The van der Waals surface area contributed by atoms with Crippen LogP contribution in [0.15, 0.2) is 31.5 Å². The predicted molar refractivity (Wildman–Crippen MR) is 119 cm³/mol. The molecule has 0 saturated heterocycles. The lowest BCUT2D eigenvalue weighted by Gasteiger charge is -2.24. The van der Waals surface area contributed by atoms with Crippen molar-refractivity contribution >= 4 is 51.6 Å². The summed E-state index contributed by atoms with van der Waals surface area (Å²) >= 11 is 8.78. The molecule has 0 aromatic carbocycles. The fourth-order valence-corrected chi connectivity index (χ4v) is 6.18. The number of furan rings is 1. The van der Waals surface area contributed by atoms with Crippen LogP contribution in [-0.4, -0.2) is 35.5 Å². The van der Waals surface area contributed by atoms with Crippen LogP contribution in [0, 0.1) is 0 Å². The Morgan fingerprint density at radius 1 is 1.29 bits per heavy atom. The number of fused-ring (bicyclic) bond motifs is 3. The third-order valence-corrected chi connectivity index (χ3v) is 7.59. The number of carbonyl (C=O) groups is 1. The highest BCUT2D eigenvalue weighted by atomic mass is 35.5. The summed E-state index contributed by atoms with van der Waals surface area (Å²) in [7, 11) is 3.04. The van der Waals surface area contributed by atoms with Crippen molar-refractivity contribution in [3.05, 3.63) is 60.7 Å². The molecular weight excluding hydrogens is 464 g/mol. The topological polar surface area (TPSA) is 112 Å². The van der Waals surface area contributed by atoms with Gasteiger partial charge in [0.15, 0.2) is 10.9 Å². The molecule has 0 saturated carbocycles. The van der Waals surface area contributed by atoms with Crippen LogP contribution < -0.4 is 11.2 Å². The first kappa shape index (κ1) is 20.2. The summed E-state index contributed by atoms with van der Waals surface area (Å²) in [4.78, 5) is 41.6. The maximum Gasteiger partial charge on any atom is 0.355 e. The molecule has 4 aromatic rings. The lowest BCUT2D eigenvalue weighted by molar-refractivity contribution is 0.0691. The van der Waals surface area contributed by atoms with Gasteiger partial charge < -0.3 is 14.1 Å². The van der Waals surface area contributed by atoms with Crippen LogP contribution in [0.1, 0.15) is 27.2 Å². The van der Waals surface area contributed by atoms with Gasteiger partial charge in [-0.05, 0) is 23.7 Å². The molecule has 12 heteroatoms. The fourth-order valence-electron chi connectivity index (χ4n) is 3.97. The van der Waals surface area contributed by atoms with Crippen molar-refractivity contribution in [2.24, 2.45) is 14.1 Å². The van der Waals surface area contributed by atoms with Crippen LogP contribution in [0.3, 0.4) is 0 Å². The standard InChI is InChI=1S/C19H15ClN4O5S2/c1-22-12-11(17(25)23(2)19(22)28)13(16-21-8(7-31-16)18(26)27)24-5-6-30-15(14(12)24)9-3-4-10(20)29-9/h3-4,7,15H,5-6H2,1-2H3,(H,26,27)/t15-/m1/s1. The van der Waals surface area contributed by atoms with Gasteiger partial charge in [0.1, 0.15) is 16.0 Å². The van der Waals surface area contributed by atoms with Gasteiger partial charge in [0, 0.05) is 31.8 Å². The molecule has 5 heterocycles. The normalized spacial score (nSPS) is 16.0. The molecule has 1 N–H and O–H groups in total. The maximum atomic E-state index is 13.2. The quantitative estimate of drug-likeness (QED) is 0.481. The molecule has 0 amide bonds. The molecule has 0 radical (unpaired) electrons. The number of aryl methyl sites for hydroxylation is 1. The van der Waals surface area contributed by atoms with Crippen molar-refractivity contribution in [3.8, 4) is 10.7 Å². The van der Waals surface area contributed by atoms with Gasteiger partial charge in [-0.1, -0.05) is 0 Å². The largest absolute Gasteiger partial charge is 0.476 e. The van der Waals surface area contributed by atoms with Gasteiger partial charge in [-0.3, -0.25) is 13.9 Å². The van der Waals surface area contributed by atoms with Gasteiger partial charge >= 0.3 is 11.7 Å². The Balaban J connectivity index is 1.93. The average molecular weight is 479 g/mol. The summed E-state index contributed by atoms with van der Waals surface area (Å²) in [5, 5.41) is 11.5. The van der Waals surface area contributed by atoms with Gasteiger partial charge in [-0.25, -0.2) is 14.6 Å². The highest BCUT2D eigenvalue weighted by Crippen LogP contribution is 2.47. The van der Waals surface area contributed by atoms with Crippen LogP contribution in [0.4, 0.5) is 0 Å². The van der Waals surface area contributed by atoms with E-state index in [0.29, 0.717) is 33.9 Å². The second-order valence-corrected chi connectivity index (χ2v) is 9.49. The van der Waals surface area contributed by atoms with Gasteiger partial charge in [-0.2, -0.15) is 0 Å². The molecule has 1 aliphatic rings. The van der Waals surface area contributed by atoms with E-state index in [9.17, 15) is 19.5 Å². The third kappa shape index (κ3) is 2.91. The monoisotopic (exact) mass is 478 g/mol. The Morgan fingerprint density at radius 2 is 2.06 bits per heavy atom. The first-order valence-corrected chi connectivity index (χ1v) is 11.5. The average Bonchev–Trinajstić information content (AvgIpc) is 3.46. The van der Waals surface area contributed by atoms with E-state index in [2.05, 4.69) is 4.98 Å². The number of aromatic nitrogens is 4. The first-order valence-electron chi connectivity index (χ1n) is 9.17. The summed E-state index contributed by atoms with van der Waals surface area (Å²) in [5.74, 6) is 0.187. The second kappa shape index (κ2) is 7.14. The Morgan fingerprint density at radius 3 is 2.71 bits per heavy atom. The van der Waals surface area contributed by atoms with Gasteiger partial charge in [0.05, 0.1) is 22.3 Å². The van der Waals surface area contributed by atoms with E-state index in [1.165, 1.54) is 17.0 Å². The van der Waals surface area contributed by atoms with E-state index in [0.717, 1.165) is 27.4 Å². The highest BCUT2D eigenvalue weighted by molar-refractivity contribution is 7.99. The summed E-state index contributed by atoms with van der Waals surface area (Å²) in [6, 6.07) is 3.43. The molecule has 1 atom stereocenters. The van der Waals surface area contributed by atoms with E-state index in [1.54, 1.807) is 30.9 Å². The predicted octanol–water partition coefficient (Wildman–Crippen LogP) is 2.94. The SMILES string of the molecule is Cn1c(=O)c2c(-c3nc(C(=O)O)cs3)n3c(c2n(C)c1=O)[C@@H](c1ccc(Cl)o1)SCC3. The van der Waals surface area contributed by atoms with E-state index in [-0.39, 0.29) is 16.2 Å². The zero-order valence-electron chi connectivity index (χ0n) is 16.3. The van der Waals surface area contributed by atoms with Gasteiger partial charge in [0.2, 0.25) is 0 Å². The highest BCUT2D eigenvalue weighted by Gasteiger charge is 2.35. The minimum absolute atomic E-state index is 0.0927. The molecule has 9 nitrogen and oxygen atoms in total. The number of hydrogen-bond donors (Lipinski definition) is 1. The van der Waals surface area contributed by atoms with Crippen molar-refractivity contribution in [3.63, 3.8) is 0 Å². The van der Waals surface area contributed by atoms with E-state index in [1.807, 2.05) is 4.57 Å². The zero-order valence-corrected chi connectivity index (χ0v) is 18.7. The Bertz CT molecular complexity index is 1490. The molecule has 1 aliphatic heterocycles. The summed E-state index contributed by atoms with van der Waals surface area (Å²) in [6.45, 7) is 0.564. The summed E-state index contributed by atoms with van der Waals surface area (Å²) < 4.78 is 10.1. The molecule has 0 unspecified atom stereocenters. The first-order chi connectivity index (χ1) is 14.8. The Kier molecular flexibility index (Phi) is 4.65. The van der Waals surface area contributed by atoms with E-state index < -0.39 is 17.2 Å². The number of thiazole rings is 1. The maximum absolute atomic E-state index is 13.2. The van der Waals surface area contributed by atoms with Crippen molar-refractivity contribution in [1.29, 1.82) is 0 Å². The Labute approximate surface area is 187 Å². The molecule has 0 bridgehead atoms. The number of hydrogen-bond acceptors (Lipinski definition) is 7. The van der Waals surface area contributed by atoms with Crippen molar-refractivity contribution in [1.82, 2.24) is 18.7 Å². The van der Waals surface area contributed by atoms with Crippen molar-refractivity contribution in [2.75, 3.05) is 5.75 Å². The molecule has 31 heavy (non-hydrogen) atoms. The summed E-state index contributed by atoms with van der Waals surface area (Å²) in [5.41, 5.74) is 0.737. The lowest BCUT2D eigenvalue weighted by atomic mass is 10.2. The van der Waals surface area contributed by atoms with Crippen LogP contribution in [-0.2, 0) is 20.6 Å². The number of rotatable bonds is 3. The molecule has 0 aliphatic carbocycles. The number of carboxylic acid groups (broad SMARTS) is 1. The van der Waals surface area contributed by atoms with Gasteiger partial charge in [-0.15, -0.1) is 23.1 Å². The second-order valence-electron chi connectivity index (χ2n) is 7.05. The number of aromatic carboxylic acids is 1. The van der Waals surface area contributed by atoms with Crippen molar-refractivity contribution < 1.29 is 14.3 Å². The fraction of sp³-hybridized carbons (Fsp3) is 0.263. The van der Waals surface area contributed by atoms with E-state index >= 15 is 0 Å². The van der Waals surface area contributed by atoms with Crippen LogP contribution >= 0.6 is 34.7 Å². The number of thioether (sulfide) groups is 1. The zero-order chi connectivity index (χ0) is 22.0. The molecule has 0 fully saturated rings. The minimum Gasteiger partial charge on any atom is -0.476 e. The number of carboxylic acids is 1. The Hall–Kier alpha value is -2.76. The van der Waals surface area contributed by atoms with Gasteiger partial charge in [0.25, 0.3) is 5.56 Å². The van der Waals surface area contributed by atoms with Crippen molar-refractivity contribution in [2.45, 2.75) is 11.8 Å². The van der Waals surface area contributed by atoms with Crippen LogP contribution in [0.2, 0.25) is 5.22 Å². The summed E-state index contributed by atoms with van der Waals surface area (Å²) in [6.07, 6.45) is 0. The minimum atomic E-state index is -1.14. The molecular formula is C19H15ClN4O5S2. The molecule has 0 spiro atoms. The smallest absolute Gasteiger partial charge is 0.355 e.